The quantitative estimate of drug-likeness (QED) is 0.621. The van der Waals surface area contributed by atoms with Gasteiger partial charge < -0.3 is 10.3 Å². The highest BCUT2D eigenvalue weighted by molar-refractivity contribution is 9.10. The number of pyridine rings is 1. The first-order valence-electron chi connectivity index (χ1n) is 7.59. The number of nitrogens with zero attached hydrogens (tertiary/aromatic N) is 2. The molecule has 2 aromatic heterocycles. The van der Waals surface area contributed by atoms with Crippen LogP contribution in [-0.4, -0.2) is 26.6 Å². The molecule has 0 fully saturated rings. The van der Waals surface area contributed by atoms with Gasteiger partial charge >= 0.3 is 0 Å². The zero-order valence-corrected chi connectivity index (χ0v) is 15.8. The van der Waals surface area contributed by atoms with Crippen molar-refractivity contribution in [3.63, 3.8) is 0 Å². The molecule has 7 heteroatoms. The minimum absolute atomic E-state index is 0.0430. The summed E-state index contributed by atoms with van der Waals surface area (Å²) in [4.78, 5) is 24.1. The van der Waals surface area contributed by atoms with Gasteiger partial charge in [-0.2, -0.15) is 0 Å². The number of imidazole rings is 1. The number of aromatic nitrogens is 3. The standard InChI is InChI=1S/C17H17BrN4OS/c1-3-11-6-4-5-10(2)15(11)21-14(23)9-24-17-20-13-7-12(18)8-19-16(13)22-17/h4-8H,3,9H2,1-2H3,(H,21,23)(H,19,20,22). The molecule has 0 saturated carbocycles. The Morgan fingerprint density at radius 2 is 2.25 bits per heavy atom. The van der Waals surface area contributed by atoms with E-state index in [-0.39, 0.29) is 5.91 Å². The number of anilines is 1. The van der Waals surface area contributed by atoms with Gasteiger partial charge in [0.25, 0.3) is 0 Å². The molecule has 0 radical (unpaired) electrons. The van der Waals surface area contributed by atoms with E-state index in [2.05, 4.69) is 43.1 Å². The van der Waals surface area contributed by atoms with Gasteiger partial charge in [0.05, 0.1) is 11.3 Å². The number of hydrogen-bond acceptors (Lipinski definition) is 4. The fourth-order valence-electron chi connectivity index (χ4n) is 2.43. The molecule has 0 unspecified atom stereocenters. The van der Waals surface area contributed by atoms with Gasteiger partial charge in [-0.1, -0.05) is 36.9 Å². The Bertz CT molecular complexity index is 893. The summed E-state index contributed by atoms with van der Waals surface area (Å²) in [7, 11) is 0. The number of thioether (sulfide) groups is 1. The van der Waals surface area contributed by atoms with Crippen LogP contribution in [0.1, 0.15) is 18.1 Å². The van der Waals surface area contributed by atoms with Crippen LogP contribution in [0.25, 0.3) is 11.2 Å². The Labute approximate surface area is 152 Å². The number of H-pyrrole nitrogens is 1. The third-order valence-corrected chi connectivity index (χ3v) is 4.93. The first kappa shape index (κ1) is 17.0. The van der Waals surface area contributed by atoms with Gasteiger partial charge in [-0.25, -0.2) is 9.97 Å². The zero-order chi connectivity index (χ0) is 17.1. The third kappa shape index (κ3) is 3.79. The van der Waals surface area contributed by atoms with Crippen molar-refractivity contribution in [2.45, 2.75) is 25.4 Å². The van der Waals surface area contributed by atoms with Gasteiger partial charge in [0.1, 0.15) is 0 Å². The molecule has 0 atom stereocenters. The number of benzene rings is 1. The van der Waals surface area contributed by atoms with E-state index >= 15 is 0 Å². The fourth-order valence-corrected chi connectivity index (χ4v) is 3.44. The lowest BCUT2D eigenvalue weighted by Crippen LogP contribution is -2.16. The number of hydrogen-bond donors (Lipinski definition) is 2. The van der Waals surface area contributed by atoms with Crippen molar-refractivity contribution in [2.75, 3.05) is 11.1 Å². The number of fused-ring (bicyclic) bond motifs is 1. The molecule has 0 aliphatic heterocycles. The number of amides is 1. The normalized spacial score (nSPS) is 11.0. The topological polar surface area (TPSA) is 70.7 Å². The zero-order valence-electron chi connectivity index (χ0n) is 13.4. The van der Waals surface area contributed by atoms with Crippen molar-refractivity contribution in [3.05, 3.63) is 46.1 Å². The van der Waals surface area contributed by atoms with Crippen molar-refractivity contribution < 1.29 is 4.79 Å². The van der Waals surface area contributed by atoms with E-state index in [0.29, 0.717) is 16.6 Å². The maximum atomic E-state index is 12.3. The van der Waals surface area contributed by atoms with Gasteiger partial charge in [-0.3, -0.25) is 4.79 Å². The van der Waals surface area contributed by atoms with Gasteiger partial charge in [0.2, 0.25) is 5.91 Å². The average molecular weight is 405 g/mol. The molecule has 0 spiro atoms. The first-order chi connectivity index (χ1) is 11.6. The molecule has 24 heavy (non-hydrogen) atoms. The van der Waals surface area contributed by atoms with Crippen molar-refractivity contribution >= 4 is 50.5 Å². The van der Waals surface area contributed by atoms with Crippen molar-refractivity contribution in [1.82, 2.24) is 15.0 Å². The van der Waals surface area contributed by atoms with E-state index in [1.807, 2.05) is 31.2 Å². The maximum Gasteiger partial charge on any atom is 0.234 e. The van der Waals surface area contributed by atoms with E-state index in [1.54, 1.807) is 6.20 Å². The molecule has 3 aromatic rings. The monoisotopic (exact) mass is 404 g/mol. The van der Waals surface area contributed by atoms with E-state index in [1.165, 1.54) is 11.8 Å². The minimum Gasteiger partial charge on any atom is -0.331 e. The van der Waals surface area contributed by atoms with E-state index < -0.39 is 0 Å². The summed E-state index contributed by atoms with van der Waals surface area (Å²) in [6.07, 6.45) is 2.59. The molecule has 1 aromatic carbocycles. The number of rotatable bonds is 5. The molecular formula is C17H17BrN4OS. The average Bonchev–Trinajstić information content (AvgIpc) is 2.96. The third-order valence-electron chi connectivity index (χ3n) is 3.63. The number of halogens is 1. The molecule has 2 heterocycles. The van der Waals surface area contributed by atoms with Crippen LogP contribution in [0.2, 0.25) is 0 Å². The van der Waals surface area contributed by atoms with E-state index in [0.717, 1.165) is 33.2 Å². The Morgan fingerprint density at radius 1 is 1.42 bits per heavy atom. The van der Waals surface area contributed by atoms with Crippen LogP contribution in [0.5, 0.6) is 0 Å². The van der Waals surface area contributed by atoms with Gasteiger partial charge in [-0.15, -0.1) is 0 Å². The smallest absolute Gasteiger partial charge is 0.234 e. The second-order valence-corrected chi connectivity index (χ2v) is 7.25. The summed E-state index contributed by atoms with van der Waals surface area (Å²) in [5.41, 5.74) is 4.63. The maximum absolute atomic E-state index is 12.3. The first-order valence-corrected chi connectivity index (χ1v) is 9.37. The highest BCUT2D eigenvalue weighted by Gasteiger charge is 2.11. The van der Waals surface area contributed by atoms with Crippen LogP contribution in [0.3, 0.4) is 0 Å². The molecule has 2 N–H and O–H groups in total. The molecular weight excluding hydrogens is 388 g/mol. The van der Waals surface area contributed by atoms with Gasteiger partial charge in [0.15, 0.2) is 10.8 Å². The second-order valence-electron chi connectivity index (χ2n) is 5.37. The number of aromatic amines is 1. The Kier molecular flexibility index (Phi) is 5.20. The minimum atomic E-state index is -0.0430. The van der Waals surface area contributed by atoms with Crippen LogP contribution >= 0.6 is 27.7 Å². The molecule has 5 nitrogen and oxygen atoms in total. The second kappa shape index (κ2) is 7.36. The Morgan fingerprint density at radius 3 is 3.04 bits per heavy atom. The van der Waals surface area contributed by atoms with Gasteiger partial charge in [-0.05, 0) is 46.5 Å². The lowest BCUT2D eigenvalue weighted by atomic mass is 10.1. The summed E-state index contributed by atoms with van der Waals surface area (Å²) in [6.45, 7) is 4.09. The number of aryl methyl sites for hydroxylation is 2. The highest BCUT2D eigenvalue weighted by atomic mass is 79.9. The van der Waals surface area contributed by atoms with Crippen molar-refractivity contribution in [3.8, 4) is 0 Å². The molecule has 124 valence electrons. The fraction of sp³-hybridized carbons (Fsp3) is 0.235. The largest absolute Gasteiger partial charge is 0.331 e. The lowest BCUT2D eigenvalue weighted by molar-refractivity contribution is -0.113. The number of nitrogens with one attached hydrogen (secondary N) is 2. The number of carbonyl (C=O) groups is 1. The molecule has 0 aliphatic carbocycles. The van der Waals surface area contributed by atoms with Crippen LogP contribution in [0.4, 0.5) is 5.69 Å². The SMILES string of the molecule is CCc1cccc(C)c1NC(=O)CSc1nc2ncc(Br)cc2[nH]1. The number of para-hydroxylation sites is 1. The van der Waals surface area contributed by atoms with Crippen molar-refractivity contribution in [2.24, 2.45) is 0 Å². The predicted molar refractivity (Wildman–Crippen MR) is 101 cm³/mol. The predicted octanol–water partition coefficient (Wildman–Crippen LogP) is 4.32. The molecule has 0 aliphatic rings. The summed E-state index contributed by atoms with van der Waals surface area (Å²) in [5.74, 6) is 0.247. The molecule has 3 rings (SSSR count). The molecule has 1 amide bonds. The Balaban J connectivity index is 1.67. The highest BCUT2D eigenvalue weighted by Crippen LogP contribution is 2.23. The number of carbonyl (C=O) groups excluding carboxylic acids is 1. The van der Waals surface area contributed by atoms with Crippen LogP contribution < -0.4 is 5.32 Å². The molecule has 0 bridgehead atoms. The lowest BCUT2D eigenvalue weighted by Gasteiger charge is -2.12. The van der Waals surface area contributed by atoms with E-state index in [9.17, 15) is 4.79 Å². The van der Waals surface area contributed by atoms with Gasteiger partial charge in [0, 0.05) is 16.4 Å². The Hall–Kier alpha value is -1.86. The van der Waals surface area contributed by atoms with Crippen molar-refractivity contribution in [1.29, 1.82) is 0 Å². The van der Waals surface area contributed by atoms with Crippen LogP contribution in [-0.2, 0) is 11.2 Å². The molecule has 0 saturated heterocycles. The summed E-state index contributed by atoms with van der Waals surface area (Å²) >= 11 is 4.74. The van der Waals surface area contributed by atoms with Crippen LogP contribution in [0.15, 0.2) is 40.1 Å². The summed E-state index contributed by atoms with van der Waals surface area (Å²) in [5, 5.41) is 3.70. The summed E-state index contributed by atoms with van der Waals surface area (Å²) in [6, 6.07) is 7.97. The summed E-state index contributed by atoms with van der Waals surface area (Å²) < 4.78 is 0.889. The van der Waals surface area contributed by atoms with E-state index in [4.69, 9.17) is 0 Å². The van der Waals surface area contributed by atoms with Crippen LogP contribution in [0, 0.1) is 6.92 Å².